The molecule has 0 saturated carbocycles. The first-order chi connectivity index (χ1) is 7.81. The number of carbonyl (C=O) groups excluding carboxylic acids is 1. The molecule has 2 rings (SSSR count). The lowest BCUT2D eigenvalue weighted by Crippen LogP contribution is -1.91. The molecule has 0 saturated heterocycles. The lowest BCUT2D eigenvalue weighted by molar-refractivity contribution is -0.107. The molecule has 0 unspecified atom stereocenters. The van der Waals surface area contributed by atoms with Crippen LogP contribution in [-0.4, -0.2) is 6.29 Å². The van der Waals surface area contributed by atoms with Crippen molar-refractivity contribution in [2.24, 2.45) is 0 Å². The van der Waals surface area contributed by atoms with Crippen LogP contribution < -0.4 is 0 Å². The third kappa shape index (κ3) is 2.39. The number of benzene rings is 2. The third-order valence-electron chi connectivity index (χ3n) is 2.46. The normalized spacial score (nSPS) is 10.1. The summed E-state index contributed by atoms with van der Waals surface area (Å²) in [6, 6.07) is 16.1. The van der Waals surface area contributed by atoms with Gasteiger partial charge in [0.25, 0.3) is 0 Å². The van der Waals surface area contributed by atoms with Crippen LogP contribution >= 0.6 is 15.9 Å². The molecule has 0 N–H and O–H groups in total. The molecule has 0 aliphatic carbocycles. The maximum atomic E-state index is 10.7. The van der Waals surface area contributed by atoms with Gasteiger partial charge in [0.1, 0.15) is 6.29 Å². The second-order valence-corrected chi connectivity index (χ2v) is 4.45. The van der Waals surface area contributed by atoms with E-state index in [-0.39, 0.29) is 0 Å². The van der Waals surface area contributed by atoms with E-state index in [9.17, 15) is 4.79 Å². The van der Waals surface area contributed by atoms with E-state index in [4.69, 9.17) is 0 Å². The van der Waals surface area contributed by atoms with Crippen molar-refractivity contribution in [1.82, 2.24) is 0 Å². The highest BCUT2D eigenvalue weighted by Gasteiger charge is 2.04. The largest absolute Gasteiger partial charge is 0.303 e. The van der Waals surface area contributed by atoms with E-state index >= 15 is 0 Å². The van der Waals surface area contributed by atoms with Gasteiger partial charge in [0.2, 0.25) is 0 Å². The maximum Gasteiger partial charge on any atom is 0.124 e. The van der Waals surface area contributed by atoms with Crippen molar-refractivity contribution >= 4 is 22.2 Å². The number of rotatable bonds is 3. The second-order valence-electron chi connectivity index (χ2n) is 3.54. The summed E-state index contributed by atoms with van der Waals surface area (Å²) in [6.07, 6.45) is 1.39. The molecule has 80 valence electrons. The first-order valence-corrected chi connectivity index (χ1v) is 5.88. The molecule has 0 heterocycles. The summed E-state index contributed by atoms with van der Waals surface area (Å²) >= 11 is 3.42. The molecule has 2 heteroatoms. The second kappa shape index (κ2) is 5.08. The van der Waals surface area contributed by atoms with Crippen LogP contribution in [0, 0.1) is 0 Å². The minimum atomic E-state index is 0.448. The highest BCUT2D eigenvalue weighted by molar-refractivity contribution is 9.10. The summed E-state index contributed by atoms with van der Waals surface area (Å²) in [6.45, 7) is 0. The maximum absolute atomic E-state index is 10.7. The Balaban J connectivity index is 2.51. The molecule has 1 nitrogen and oxygen atoms in total. The fourth-order valence-electron chi connectivity index (χ4n) is 1.72. The van der Waals surface area contributed by atoms with Crippen LogP contribution in [0.3, 0.4) is 0 Å². The average Bonchev–Trinajstić information content (AvgIpc) is 2.31. The van der Waals surface area contributed by atoms with E-state index in [1.54, 1.807) is 0 Å². The standard InChI is InChI=1S/C14H11BrO/c15-13-6-7-14(12(10-13)8-9-16)11-4-2-1-3-5-11/h1-7,9-10H,8H2. The molecule has 0 atom stereocenters. The van der Waals surface area contributed by atoms with Crippen molar-refractivity contribution in [1.29, 1.82) is 0 Å². The van der Waals surface area contributed by atoms with Gasteiger partial charge in [-0.2, -0.15) is 0 Å². The number of aldehydes is 1. The number of halogens is 1. The van der Waals surface area contributed by atoms with Gasteiger partial charge in [-0.3, -0.25) is 0 Å². The molecular formula is C14H11BrO. The van der Waals surface area contributed by atoms with Gasteiger partial charge in [0.15, 0.2) is 0 Å². The van der Waals surface area contributed by atoms with Crippen molar-refractivity contribution in [2.75, 3.05) is 0 Å². The Morgan fingerprint density at radius 3 is 2.50 bits per heavy atom. The number of hydrogen-bond donors (Lipinski definition) is 0. The van der Waals surface area contributed by atoms with E-state index in [1.807, 2.05) is 36.4 Å². The summed E-state index contributed by atoms with van der Waals surface area (Å²) in [7, 11) is 0. The molecule has 16 heavy (non-hydrogen) atoms. The molecule has 0 radical (unpaired) electrons. The first-order valence-electron chi connectivity index (χ1n) is 5.09. The zero-order valence-corrected chi connectivity index (χ0v) is 10.3. The van der Waals surface area contributed by atoms with Gasteiger partial charge >= 0.3 is 0 Å². The molecule has 0 fully saturated rings. The molecule has 0 aliphatic heterocycles. The van der Waals surface area contributed by atoms with Crippen LogP contribution in [-0.2, 0) is 11.2 Å². The van der Waals surface area contributed by atoms with Gasteiger partial charge in [-0.15, -0.1) is 0 Å². The molecule has 0 amide bonds. The fourth-order valence-corrected chi connectivity index (χ4v) is 2.13. The summed E-state index contributed by atoms with van der Waals surface area (Å²) in [5, 5.41) is 0. The van der Waals surface area contributed by atoms with Crippen molar-refractivity contribution in [3.05, 3.63) is 58.6 Å². The number of hydrogen-bond acceptors (Lipinski definition) is 1. The van der Waals surface area contributed by atoms with Crippen molar-refractivity contribution in [3.8, 4) is 11.1 Å². The van der Waals surface area contributed by atoms with Crippen LogP contribution in [0.4, 0.5) is 0 Å². The zero-order chi connectivity index (χ0) is 11.4. The highest BCUT2D eigenvalue weighted by Crippen LogP contribution is 2.26. The SMILES string of the molecule is O=CCc1cc(Br)ccc1-c1ccccc1. The van der Waals surface area contributed by atoms with Crippen LogP contribution in [0.25, 0.3) is 11.1 Å². The van der Waals surface area contributed by atoms with E-state index in [1.165, 1.54) is 0 Å². The summed E-state index contributed by atoms with van der Waals surface area (Å²) in [5.74, 6) is 0. The molecule has 0 aromatic heterocycles. The minimum Gasteiger partial charge on any atom is -0.303 e. The smallest absolute Gasteiger partial charge is 0.124 e. The molecule has 2 aromatic rings. The van der Waals surface area contributed by atoms with Crippen LogP contribution in [0.2, 0.25) is 0 Å². The van der Waals surface area contributed by atoms with Gasteiger partial charge in [-0.05, 0) is 28.8 Å². The molecular weight excluding hydrogens is 264 g/mol. The Hall–Kier alpha value is -1.41. The van der Waals surface area contributed by atoms with Gasteiger partial charge in [0.05, 0.1) is 0 Å². The van der Waals surface area contributed by atoms with Crippen molar-refractivity contribution in [2.45, 2.75) is 6.42 Å². The lowest BCUT2D eigenvalue weighted by Gasteiger charge is -2.07. The topological polar surface area (TPSA) is 17.1 Å². The first kappa shape index (κ1) is 11.1. The van der Waals surface area contributed by atoms with E-state index in [0.29, 0.717) is 6.42 Å². The van der Waals surface area contributed by atoms with Gasteiger partial charge in [-0.1, -0.05) is 52.3 Å². The van der Waals surface area contributed by atoms with Crippen LogP contribution in [0.15, 0.2) is 53.0 Å². The van der Waals surface area contributed by atoms with E-state index in [2.05, 4.69) is 28.1 Å². The quantitative estimate of drug-likeness (QED) is 0.777. The third-order valence-corrected chi connectivity index (χ3v) is 2.95. The summed E-state index contributed by atoms with van der Waals surface area (Å²) in [5.41, 5.74) is 3.32. The van der Waals surface area contributed by atoms with Gasteiger partial charge in [-0.25, -0.2) is 0 Å². The lowest BCUT2D eigenvalue weighted by atomic mass is 9.98. The molecule has 2 aromatic carbocycles. The highest BCUT2D eigenvalue weighted by atomic mass is 79.9. The van der Waals surface area contributed by atoms with Crippen LogP contribution in [0.1, 0.15) is 5.56 Å². The fraction of sp³-hybridized carbons (Fsp3) is 0.0714. The monoisotopic (exact) mass is 274 g/mol. The Morgan fingerprint density at radius 2 is 1.81 bits per heavy atom. The van der Waals surface area contributed by atoms with Crippen molar-refractivity contribution < 1.29 is 4.79 Å². The predicted octanol–water partition coefficient (Wildman–Crippen LogP) is 3.86. The Labute approximate surface area is 103 Å². The zero-order valence-electron chi connectivity index (χ0n) is 8.69. The predicted molar refractivity (Wildman–Crippen MR) is 69.3 cm³/mol. The summed E-state index contributed by atoms with van der Waals surface area (Å²) in [4.78, 5) is 10.7. The Morgan fingerprint density at radius 1 is 1.06 bits per heavy atom. The minimum absolute atomic E-state index is 0.448. The number of carbonyl (C=O) groups is 1. The molecule has 0 aliphatic rings. The van der Waals surface area contributed by atoms with E-state index in [0.717, 1.165) is 27.4 Å². The Bertz CT molecular complexity index is 491. The average molecular weight is 275 g/mol. The molecule has 0 spiro atoms. The van der Waals surface area contributed by atoms with Gasteiger partial charge < -0.3 is 4.79 Å². The van der Waals surface area contributed by atoms with Crippen LogP contribution in [0.5, 0.6) is 0 Å². The Kier molecular flexibility index (Phi) is 3.52. The van der Waals surface area contributed by atoms with Gasteiger partial charge in [0, 0.05) is 10.9 Å². The van der Waals surface area contributed by atoms with Crippen molar-refractivity contribution in [3.63, 3.8) is 0 Å². The van der Waals surface area contributed by atoms with E-state index < -0.39 is 0 Å². The summed E-state index contributed by atoms with van der Waals surface area (Å²) < 4.78 is 1.00. The molecule has 0 bridgehead atoms.